The number of ether oxygens (including phenoxy) is 1. The molecule has 2 aromatic heterocycles. The van der Waals surface area contributed by atoms with Gasteiger partial charge in [-0.3, -0.25) is 9.55 Å². The quantitative estimate of drug-likeness (QED) is 0.684. The maximum absolute atomic E-state index is 12.0. The average molecular weight is 219 g/mol. The van der Waals surface area contributed by atoms with E-state index in [9.17, 15) is 4.79 Å². The second-order valence-electron chi connectivity index (χ2n) is 4.52. The van der Waals surface area contributed by atoms with Gasteiger partial charge >= 0.3 is 6.09 Å². The van der Waals surface area contributed by atoms with Crippen LogP contribution in [0.1, 0.15) is 22.1 Å². The maximum Gasteiger partial charge on any atom is 0.418 e. The van der Waals surface area contributed by atoms with Crippen LogP contribution in [0.15, 0.2) is 30.7 Å². The van der Waals surface area contributed by atoms with E-state index in [1.165, 1.54) is 4.57 Å². The van der Waals surface area contributed by atoms with Crippen molar-refractivity contribution in [2.75, 3.05) is 0 Å². The fourth-order valence-corrected chi connectivity index (χ4v) is 1.38. The van der Waals surface area contributed by atoms with E-state index in [1.807, 2.05) is 0 Å². The number of hydrogen-bond donors (Lipinski definition) is 0. The summed E-state index contributed by atoms with van der Waals surface area (Å²) in [6, 6.07) is 3.28. The van der Waals surface area contributed by atoms with E-state index < -0.39 is 11.7 Å². The van der Waals surface area contributed by atoms with Crippen LogP contribution in [0.3, 0.4) is 0 Å². The molecule has 0 N–H and O–H groups in total. The highest BCUT2D eigenvalue weighted by Gasteiger charge is 2.18. The number of fused-ring (bicyclic) bond motifs is 1. The van der Waals surface area contributed by atoms with E-state index >= 15 is 0 Å². The van der Waals surface area contributed by atoms with Gasteiger partial charge in [-0.15, -0.1) is 0 Å². The maximum atomic E-state index is 12.0. The van der Waals surface area contributed by atoms with E-state index in [1.54, 1.807) is 45.3 Å². The number of hydrogen-bond acceptors (Lipinski definition) is 3. The molecule has 0 aromatic carbocycles. The van der Waals surface area contributed by atoms with Crippen molar-refractivity contribution in [1.29, 1.82) is 0 Å². The number of nitrogens with zero attached hydrogens (tertiary/aromatic N) is 2. The number of rotatable bonds is 0. The average Bonchev–Trinajstić information content (AvgIpc) is 2.50. The van der Waals surface area contributed by atoms with Crippen LogP contribution in [-0.4, -0.2) is 21.2 Å². The van der Waals surface area contributed by atoms with Crippen LogP contribution in [-0.2, 0) is 4.74 Å². The van der Waals surface area contributed by atoms with Gasteiger partial charge in [0.25, 0.3) is 0 Å². The highest BCUT2D eigenvalue weighted by atomic mass is 16.6. The summed E-state index contributed by atoms with van der Waals surface area (Å²) in [5, 5.41) is 0.753. The van der Waals surface area contributed by atoms with E-state index in [0.717, 1.165) is 5.39 Å². The Morgan fingerprint density at radius 2 is 2.25 bits per heavy atom. The Bertz CT molecular complexity index is 569. The zero-order valence-corrected chi connectivity index (χ0v) is 9.52. The van der Waals surface area contributed by atoms with Crippen molar-refractivity contribution >= 4 is 17.0 Å². The summed E-state index contributed by atoms with van der Waals surface area (Å²) in [5.74, 6) is 0. The molecular weight excluding hydrogens is 204 g/mol. The molecule has 4 heteroatoms. The molecule has 0 unspecified atom stereocenters. The lowest BCUT2D eigenvalue weighted by Gasteiger charge is -2.19. The summed E-state index contributed by atoms with van der Waals surface area (Å²) in [6.45, 7) is 5.38. The second kappa shape index (κ2) is 3.63. The van der Waals surface area contributed by atoms with Crippen LogP contribution in [0.25, 0.3) is 10.9 Å². The molecule has 0 saturated carbocycles. The Morgan fingerprint density at radius 1 is 1.50 bits per heavy atom. The highest BCUT2D eigenvalue weighted by molar-refractivity contribution is 5.88. The largest absolute Gasteiger partial charge is 0.443 e. The van der Waals surface area contributed by atoms with Crippen LogP contribution in [0, 0.1) is 0 Å². The van der Waals surface area contributed by atoms with Crippen molar-refractivity contribution in [3.05, 3.63) is 30.7 Å². The summed E-state index contributed by atoms with van der Waals surface area (Å²) in [6.07, 6.45) is 2.77. The molecule has 84 valence electrons. The van der Waals surface area contributed by atoms with Crippen LogP contribution < -0.4 is 0 Å². The standard InChI is InChI=1S/C12H14N2O2/c1-12(2,3)16-11(15)14-7-5-9-8-13-6-4-10(9)14/h4-8H,1-3H3/i7D. The van der Waals surface area contributed by atoms with Crippen LogP contribution in [0.5, 0.6) is 0 Å². The van der Waals surface area contributed by atoms with Gasteiger partial charge in [-0.1, -0.05) is 0 Å². The number of carbonyl (C=O) groups excluding carboxylic acids is 1. The van der Waals surface area contributed by atoms with Crippen molar-refractivity contribution in [1.82, 2.24) is 9.55 Å². The normalized spacial score (nSPS) is 12.6. The first kappa shape index (κ1) is 9.39. The molecule has 2 aromatic rings. The zero-order valence-electron chi connectivity index (χ0n) is 10.5. The zero-order chi connectivity index (χ0) is 12.6. The predicted molar refractivity (Wildman–Crippen MR) is 61.4 cm³/mol. The lowest BCUT2D eigenvalue weighted by Crippen LogP contribution is -2.26. The molecule has 0 bridgehead atoms. The number of carbonyl (C=O) groups is 1. The molecule has 4 nitrogen and oxygen atoms in total. The van der Waals surface area contributed by atoms with E-state index in [0.29, 0.717) is 5.52 Å². The van der Waals surface area contributed by atoms with E-state index in [2.05, 4.69) is 4.98 Å². The smallest absolute Gasteiger partial charge is 0.418 e. The van der Waals surface area contributed by atoms with Gasteiger partial charge in [0.2, 0.25) is 0 Å². The van der Waals surface area contributed by atoms with E-state index in [4.69, 9.17) is 6.11 Å². The monoisotopic (exact) mass is 219 g/mol. The lowest BCUT2D eigenvalue weighted by atomic mass is 10.2. The summed E-state index contributed by atoms with van der Waals surface area (Å²) in [7, 11) is 0. The Hall–Kier alpha value is -1.84. The van der Waals surface area contributed by atoms with Gasteiger partial charge in [0, 0.05) is 24.0 Å². The molecule has 0 aliphatic rings. The third kappa shape index (κ3) is 2.05. The first-order valence-corrected chi connectivity index (χ1v) is 5.04. The molecule has 0 aliphatic carbocycles. The topological polar surface area (TPSA) is 44.1 Å². The SMILES string of the molecule is [2H]c1cc2cnccc2n1C(=O)OC(C)(C)C. The Kier molecular flexibility index (Phi) is 2.13. The fourth-order valence-electron chi connectivity index (χ4n) is 1.38. The molecule has 0 radical (unpaired) electrons. The Morgan fingerprint density at radius 3 is 2.94 bits per heavy atom. The van der Waals surface area contributed by atoms with Gasteiger partial charge < -0.3 is 4.74 Å². The van der Waals surface area contributed by atoms with Crippen molar-refractivity contribution in [2.45, 2.75) is 26.4 Å². The Balaban J connectivity index is 2.48. The van der Waals surface area contributed by atoms with Gasteiger partial charge in [-0.05, 0) is 32.9 Å². The van der Waals surface area contributed by atoms with Gasteiger partial charge in [-0.25, -0.2) is 4.79 Å². The molecule has 0 aliphatic heterocycles. The minimum atomic E-state index is -0.576. The summed E-state index contributed by atoms with van der Waals surface area (Å²) < 4.78 is 14.3. The van der Waals surface area contributed by atoms with Gasteiger partial charge in [-0.2, -0.15) is 0 Å². The molecule has 0 spiro atoms. The van der Waals surface area contributed by atoms with Crippen molar-refractivity contribution in [3.63, 3.8) is 0 Å². The van der Waals surface area contributed by atoms with Crippen molar-refractivity contribution in [3.8, 4) is 0 Å². The van der Waals surface area contributed by atoms with Crippen LogP contribution >= 0.6 is 0 Å². The summed E-state index contributed by atoms with van der Waals surface area (Å²) in [4.78, 5) is 15.9. The first-order valence-electron chi connectivity index (χ1n) is 5.54. The molecule has 0 saturated heterocycles. The fraction of sp³-hybridized carbons (Fsp3) is 0.333. The third-order valence-electron chi connectivity index (χ3n) is 1.99. The van der Waals surface area contributed by atoms with Gasteiger partial charge in [0.05, 0.1) is 6.89 Å². The lowest BCUT2D eigenvalue weighted by molar-refractivity contribution is 0.0544. The van der Waals surface area contributed by atoms with Crippen LogP contribution in [0.4, 0.5) is 4.79 Å². The van der Waals surface area contributed by atoms with Crippen molar-refractivity contribution < 1.29 is 10.9 Å². The molecule has 16 heavy (non-hydrogen) atoms. The van der Waals surface area contributed by atoms with Gasteiger partial charge in [0.15, 0.2) is 0 Å². The van der Waals surface area contributed by atoms with E-state index in [-0.39, 0.29) is 6.17 Å². The Labute approximate surface area is 95.3 Å². The molecule has 2 heterocycles. The van der Waals surface area contributed by atoms with Gasteiger partial charge in [0.1, 0.15) is 5.60 Å². The second-order valence-corrected chi connectivity index (χ2v) is 4.52. The minimum absolute atomic E-state index is 0.0993. The molecule has 0 amide bonds. The molecule has 0 fully saturated rings. The number of aromatic nitrogens is 2. The highest BCUT2D eigenvalue weighted by Crippen LogP contribution is 2.16. The molecular formula is C12H14N2O2. The summed E-state index contributed by atoms with van der Waals surface area (Å²) in [5.41, 5.74) is 0.0620. The molecule has 0 atom stereocenters. The van der Waals surface area contributed by atoms with Crippen molar-refractivity contribution in [2.24, 2.45) is 0 Å². The molecule has 2 rings (SSSR count). The number of pyridine rings is 1. The third-order valence-corrected chi connectivity index (χ3v) is 1.99. The van der Waals surface area contributed by atoms with Crippen LogP contribution in [0.2, 0.25) is 0 Å². The first-order chi connectivity index (χ1) is 7.88. The predicted octanol–water partition coefficient (Wildman–Crippen LogP) is 2.82. The minimum Gasteiger partial charge on any atom is -0.443 e. The summed E-state index contributed by atoms with van der Waals surface area (Å²) >= 11 is 0.